The zero-order valence-corrected chi connectivity index (χ0v) is 21.2. The van der Waals surface area contributed by atoms with Crippen LogP contribution in [0.3, 0.4) is 0 Å². The van der Waals surface area contributed by atoms with Crippen LogP contribution in [-0.2, 0) is 5.54 Å². The van der Waals surface area contributed by atoms with Gasteiger partial charge in [-0.05, 0) is 86.8 Å². The lowest BCUT2D eigenvalue weighted by Crippen LogP contribution is -2.44. The molecule has 2 unspecified atom stereocenters. The Morgan fingerprint density at radius 3 is 2.49 bits per heavy atom. The molecular formula is C31H33ClN2O. The first-order valence-corrected chi connectivity index (χ1v) is 13.4. The molecule has 0 aromatic heterocycles. The van der Waals surface area contributed by atoms with Gasteiger partial charge in [-0.25, -0.2) is 0 Å². The highest BCUT2D eigenvalue weighted by molar-refractivity contribution is 6.30. The predicted octanol–water partition coefficient (Wildman–Crippen LogP) is 6.35. The minimum absolute atomic E-state index is 0.0728. The van der Waals surface area contributed by atoms with E-state index in [9.17, 15) is 4.79 Å². The first-order valence-electron chi connectivity index (χ1n) is 13.0. The summed E-state index contributed by atoms with van der Waals surface area (Å²) in [5.41, 5.74) is 6.58. The summed E-state index contributed by atoms with van der Waals surface area (Å²) >= 11 is 6.48. The molecule has 6 rings (SSSR count). The summed E-state index contributed by atoms with van der Waals surface area (Å²) < 4.78 is 0. The second kappa shape index (κ2) is 9.20. The van der Waals surface area contributed by atoms with Crippen LogP contribution in [-0.4, -0.2) is 48.8 Å². The fourth-order valence-electron chi connectivity index (χ4n) is 6.96. The summed E-state index contributed by atoms with van der Waals surface area (Å²) in [6, 6.07) is 25.3. The van der Waals surface area contributed by atoms with Crippen LogP contribution in [0.25, 0.3) is 0 Å². The molecule has 35 heavy (non-hydrogen) atoms. The van der Waals surface area contributed by atoms with Crippen LogP contribution < -0.4 is 0 Å². The molecule has 3 nitrogen and oxygen atoms in total. The van der Waals surface area contributed by atoms with Crippen molar-refractivity contribution in [3.63, 3.8) is 0 Å². The maximum Gasteiger partial charge on any atom is 0.166 e. The van der Waals surface area contributed by atoms with E-state index in [0.717, 1.165) is 62.4 Å². The van der Waals surface area contributed by atoms with Gasteiger partial charge >= 0.3 is 0 Å². The van der Waals surface area contributed by atoms with Gasteiger partial charge in [0.2, 0.25) is 0 Å². The zero-order valence-electron chi connectivity index (χ0n) is 20.4. The third kappa shape index (κ3) is 3.85. The Bertz CT molecular complexity index is 1230. The first kappa shape index (κ1) is 23.0. The van der Waals surface area contributed by atoms with Crippen molar-refractivity contribution in [1.29, 1.82) is 0 Å². The van der Waals surface area contributed by atoms with Crippen LogP contribution in [0.5, 0.6) is 0 Å². The van der Waals surface area contributed by atoms with Gasteiger partial charge in [0.25, 0.3) is 0 Å². The van der Waals surface area contributed by atoms with Crippen molar-refractivity contribution in [2.45, 2.75) is 37.1 Å². The van der Waals surface area contributed by atoms with Gasteiger partial charge in [-0.2, -0.15) is 0 Å². The predicted molar refractivity (Wildman–Crippen MR) is 142 cm³/mol. The van der Waals surface area contributed by atoms with Crippen LogP contribution >= 0.6 is 11.6 Å². The molecule has 0 amide bonds. The van der Waals surface area contributed by atoms with Gasteiger partial charge in [-0.3, -0.25) is 9.69 Å². The smallest absolute Gasteiger partial charge is 0.166 e. The molecule has 0 N–H and O–H groups in total. The summed E-state index contributed by atoms with van der Waals surface area (Å²) in [5, 5.41) is 0.828. The van der Waals surface area contributed by atoms with E-state index in [1.807, 2.05) is 36.4 Å². The third-order valence-corrected chi connectivity index (χ3v) is 8.99. The molecule has 1 fully saturated rings. The quantitative estimate of drug-likeness (QED) is 0.365. The number of piperidine rings is 1. The van der Waals surface area contributed by atoms with E-state index >= 15 is 0 Å². The average molecular weight is 485 g/mol. The monoisotopic (exact) mass is 484 g/mol. The second-order valence-corrected chi connectivity index (χ2v) is 11.0. The molecule has 0 spiro atoms. The van der Waals surface area contributed by atoms with Crippen molar-refractivity contribution in [1.82, 2.24) is 9.80 Å². The minimum Gasteiger partial charge on any atom is -0.303 e. The normalized spacial score (nSPS) is 23.5. The molecular weight excluding hydrogens is 452 g/mol. The lowest BCUT2D eigenvalue weighted by atomic mass is 9.80. The number of hydrogen-bond acceptors (Lipinski definition) is 3. The van der Waals surface area contributed by atoms with Gasteiger partial charge in [0.05, 0.1) is 5.54 Å². The molecule has 1 heterocycles. The van der Waals surface area contributed by atoms with E-state index in [0.29, 0.717) is 11.7 Å². The van der Waals surface area contributed by atoms with Crippen molar-refractivity contribution < 1.29 is 4.79 Å². The summed E-state index contributed by atoms with van der Waals surface area (Å²) in [7, 11) is 2.29. The number of fused-ring (bicyclic) bond motifs is 8. The highest BCUT2D eigenvalue weighted by atomic mass is 35.5. The molecule has 1 saturated heterocycles. The molecule has 3 aromatic rings. The van der Waals surface area contributed by atoms with Gasteiger partial charge in [-0.15, -0.1) is 0 Å². The van der Waals surface area contributed by atoms with Crippen molar-refractivity contribution in [2.75, 3.05) is 33.2 Å². The van der Waals surface area contributed by atoms with Crippen molar-refractivity contribution in [3.8, 4) is 0 Å². The molecule has 0 radical (unpaired) electrons. The highest BCUT2D eigenvalue weighted by Gasteiger charge is 2.54. The van der Waals surface area contributed by atoms with Gasteiger partial charge in [0.15, 0.2) is 5.78 Å². The molecule has 3 aliphatic rings. The number of likely N-dealkylation sites (tertiary alicyclic amines) is 1. The number of rotatable bonds is 7. The second-order valence-electron chi connectivity index (χ2n) is 10.6. The summed E-state index contributed by atoms with van der Waals surface area (Å²) in [6.45, 7) is 4.15. The van der Waals surface area contributed by atoms with Crippen molar-refractivity contribution >= 4 is 17.4 Å². The van der Waals surface area contributed by atoms with E-state index in [-0.39, 0.29) is 11.5 Å². The fraction of sp³-hybridized carbons (Fsp3) is 0.387. The van der Waals surface area contributed by atoms with E-state index < -0.39 is 0 Å². The van der Waals surface area contributed by atoms with E-state index in [4.69, 9.17) is 11.6 Å². The number of nitrogens with zero attached hydrogens (tertiary/aromatic N) is 2. The Morgan fingerprint density at radius 1 is 0.971 bits per heavy atom. The Morgan fingerprint density at radius 2 is 1.69 bits per heavy atom. The van der Waals surface area contributed by atoms with E-state index in [2.05, 4.69) is 53.2 Å². The fourth-order valence-corrected chi connectivity index (χ4v) is 7.13. The van der Waals surface area contributed by atoms with Crippen LogP contribution in [0.1, 0.15) is 64.2 Å². The standard InChI is InChI=1S/C31H33ClN2O/c1-33(16-7-17-34-18-14-23(15-19-34)30(35)22-8-3-2-4-9-22)31-21-27(25-10-5-6-11-28(25)31)26-13-12-24(32)20-29(26)31/h2-6,8-13,20,23,27H,7,14-19,21H2,1H3. The molecule has 180 valence electrons. The number of benzene rings is 3. The van der Waals surface area contributed by atoms with Crippen LogP contribution in [0.15, 0.2) is 72.8 Å². The average Bonchev–Trinajstić information content (AvgIpc) is 3.42. The van der Waals surface area contributed by atoms with Crippen LogP contribution in [0.4, 0.5) is 0 Å². The van der Waals surface area contributed by atoms with Gasteiger partial charge < -0.3 is 4.90 Å². The Balaban J connectivity index is 1.10. The van der Waals surface area contributed by atoms with Crippen molar-refractivity contribution in [3.05, 3.63) is 106 Å². The number of carbonyl (C=O) groups is 1. The maximum absolute atomic E-state index is 12.8. The largest absolute Gasteiger partial charge is 0.303 e. The van der Waals surface area contributed by atoms with Gasteiger partial charge in [-0.1, -0.05) is 72.3 Å². The SMILES string of the molecule is CN(CCCN1CCC(C(=O)c2ccccc2)CC1)C12CC(c3ccccc31)c1ccc(Cl)cc12. The third-order valence-electron chi connectivity index (χ3n) is 8.75. The van der Waals surface area contributed by atoms with Crippen LogP contribution in [0, 0.1) is 5.92 Å². The number of carbonyl (C=O) groups excluding carboxylic acids is 1. The molecule has 3 aromatic carbocycles. The number of Topliss-reactive ketones (excluding diaryl/α,β-unsaturated/α-hetero) is 1. The lowest BCUT2D eigenvalue weighted by molar-refractivity contribution is 0.0831. The first-order chi connectivity index (χ1) is 17.1. The Hall–Kier alpha value is -2.46. The van der Waals surface area contributed by atoms with E-state index in [1.165, 1.54) is 22.3 Å². The molecule has 1 aliphatic heterocycles. The molecule has 0 saturated carbocycles. The Labute approximate surface area is 213 Å². The minimum atomic E-state index is -0.0728. The number of hydrogen-bond donors (Lipinski definition) is 0. The summed E-state index contributed by atoms with van der Waals surface area (Å²) in [5.74, 6) is 0.959. The number of ketones is 1. The Kier molecular flexibility index (Phi) is 6.04. The molecule has 2 aliphatic carbocycles. The topological polar surface area (TPSA) is 23.6 Å². The highest BCUT2D eigenvalue weighted by Crippen LogP contribution is 2.61. The van der Waals surface area contributed by atoms with E-state index in [1.54, 1.807) is 0 Å². The summed E-state index contributed by atoms with van der Waals surface area (Å²) in [4.78, 5) is 17.9. The van der Waals surface area contributed by atoms with Gasteiger partial charge in [0.1, 0.15) is 0 Å². The van der Waals surface area contributed by atoms with Gasteiger partial charge in [0, 0.05) is 29.0 Å². The molecule has 4 heteroatoms. The molecule has 2 bridgehead atoms. The maximum atomic E-state index is 12.8. The lowest BCUT2D eigenvalue weighted by Gasteiger charge is -2.40. The summed E-state index contributed by atoms with van der Waals surface area (Å²) in [6.07, 6.45) is 4.17. The zero-order chi connectivity index (χ0) is 24.0. The van der Waals surface area contributed by atoms with Crippen LogP contribution in [0.2, 0.25) is 5.02 Å². The number of halogens is 1. The molecule has 2 atom stereocenters. The van der Waals surface area contributed by atoms with Crippen molar-refractivity contribution in [2.24, 2.45) is 5.92 Å².